The van der Waals surface area contributed by atoms with Gasteiger partial charge in [-0.3, -0.25) is 4.79 Å². The molecular formula is C12H17N3O. The molecule has 0 aliphatic heterocycles. The monoisotopic (exact) mass is 219 g/mol. The minimum atomic E-state index is 0.216. The molecule has 0 radical (unpaired) electrons. The van der Waals surface area contributed by atoms with Gasteiger partial charge in [0.05, 0.1) is 0 Å². The molecule has 0 spiro atoms. The second-order valence-corrected chi connectivity index (χ2v) is 4.24. The molecule has 1 aliphatic rings. The van der Waals surface area contributed by atoms with Gasteiger partial charge in [-0.2, -0.15) is 0 Å². The van der Waals surface area contributed by atoms with Crippen LogP contribution < -0.4 is 11.1 Å². The second-order valence-electron chi connectivity index (χ2n) is 4.24. The van der Waals surface area contributed by atoms with E-state index in [1.807, 2.05) is 6.07 Å². The molecule has 0 amide bonds. The molecule has 0 aromatic carbocycles. The van der Waals surface area contributed by atoms with Gasteiger partial charge in [-0.1, -0.05) is 6.07 Å². The quantitative estimate of drug-likeness (QED) is 0.746. The number of nitrogens with zero attached hydrogens (tertiary/aromatic N) is 1. The largest absolute Gasteiger partial charge is 0.383 e. The minimum Gasteiger partial charge on any atom is -0.383 e. The van der Waals surface area contributed by atoms with E-state index in [1.54, 1.807) is 12.3 Å². The lowest BCUT2D eigenvalue weighted by molar-refractivity contribution is -0.118. The normalized spacial score (nSPS) is 15.0. The number of ketones is 1. The van der Waals surface area contributed by atoms with E-state index >= 15 is 0 Å². The molecule has 0 atom stereocenters. The van der Waals surface area contributed by atoms with Crippen LogP contribution >= 0.6 is 0 Å². The summed E-state index contributed by atoms with van der Waals surface area (Å²) < 4.78 is 0. The molecule has 2 rings (SSSR count). The summed E-state index contributed by atoms with van der Waals surface area (Å²) in [5.74, 6) is 0.679. The summed E-state index contributed by atoms with van der Waals surface area (Å²) in [5.41, 5.74) is 6.51. The number of pyridine rings is 1. The molecule has 4 nitrogen and oxygen atoms in total. The second kappa shape index (κ2) is 5.07. The highest BCUT2D eigenvalue weighted by atomic mass is 16.1. The van der Waals surface area contributed by atoms with Crippen molar-refractivity contribution in [2.24, 2.45) is 0 Å². The third-order valence-corrected chi connectivity index (χ3v) is 2.73. The Morgan fingerprint density at radius 1 is 1.56 bits per heavy atom. The summed E-state index contributed by atoms with van der Waals surface area (Å²) in [7, 11) is 0. The number of nitrogen functional groups attached to an aromatic ring is 1. The van der Waals surface area contributed by atoms with Gasteiger partial charge in [-0.05, 0) is 18.9 Å². The van der Waals surface area contributed by atoms with Crippen LogP contribution in [0, 0.1) is 0 Å². The van der Waals surface area contributed by atoms with Crippen molar-refractivity contribution >= 4 is 11.6 Å². The van der Waals surface area contributed by atoms with Crippen molar-refractivity contribution < 1.29 is 4.79 Å². The molecule has 3 N–H and O–H groups in total. The number of nitrogens with two attached hydrogens (primary N) is 1. The number of aromatic nitrogens is 1. The first-order valence-corrected chi connectivity index (χ1v) is 5.70. The van der Waals surface area contributed by atoms with Crippen molar-refractivity contribution in [3.63, 3.8) is 0 Å². The van der Waals surface area contributed by atoms with Crippen LogP contribution in [0.15, 0.2) is 18.3 Å². The van der Waals surface area contributed by atoms with E-state index in [2.05, 4.69) is 10.3 Å². The van der Waals surface area contributed by atoms with Crippen LogP contribution in [0.1, 0.15) is 24.8 Å². The first-order chi connectivity index (χ1) is 7.75. The van der Waals surface area contributed by atoms with E-state index in [4.69, 9.17) is 5.73 Å². The Hall–Kier alpha value is -1.42. The first kappa shape index (κ1) is 11.1. The van der Waals surface area contributed by atoms with Crippen LogP contribution in [-0.4, -0.2) is 23.4 Å². The molecule has 86 valence electrons. The van der Waals surface area contributed by atoms with Crippen molar-refractivity contribution in [3.05, 3.63) is 23.9 Å². The average molecular weight is 219 g/mol. The van der Waals surface area contributed by atoms with Crippen LogP contribution in [0.5, 0.6) is 0 Å². The van der Waals surface area contributed by atoms with Crippen LogP contribution in [-0.2, 0) is 11.2 Å². The van der Waals surface area contributed by atoms with Gasteiger partial charge >= 0.3 is 0 Å². The Balaban J connectivity index is 1.75. The zero-order valence-electron chi connectivity index (χ0n) is 9.28. The highest BCUT2D eigenvalue weighted by Crippen LogP contribution is 2.18. The molecule has 16 heavy (non-hydrogen) atoms. The van der Waals surface area contributed by atoms with E-state index in [-0.39, 0.29) is 5.78 Å². The van der Waals surface area contributed by atoms with Gasteiger partial charge in [0, 0.05) is 37.2 Å². The van der Waals surface area contributed by atoms with Gasteiger partial charge in [0.2, 0.25) is 0 Å². The maximum absolute atomic E-state index is 11.6. The van der Waals surface area contributed by atoms with Crippen LogP contribution in [0.4, 0.5) is 5.82 Å². The summed E-state index contributed by atoms with van der Waals surface area (Å²) in [6, 6.07) is 4.33. The molecule has 1 aliphatic carbocycles. The molecular weight excluding hydrogens is 202 g/mol. The number of nitrogens with one attached hydrogen (secondary N) is 1. The first-order valence-electron chi connectivity index (χ1n) is 5.70. The fourth-order valence-corrected chi connectivity index (χ4v) is 1.60. The smallest absolute Gasteiger partial charge is 0.138 e. The summed E-state index contributed by atoms with van der Waals surface area (Å²) >= 11 is 0. The number of rotatable bonds is 6. The molecule has 0 unspecified atom stereocenters. The SMILES string of the molecule is Nc1ncccc1CC(=O)CCNC1CC1. The average Bonchev–Trinajstić information content (AvgIpc) is 3.05. The van der Waals surface area contributed by atoms with Crippen LogP contribution in [0.2, 0.25) is 0 Å². The molecule has 1 aromatic rings. The Bertz CT molecular complexity index is 374. The zero-order valence-corrected chi connectivity index (χ0v) is 9.28. The van der Waals surface area contributed by atoms with Crippen molar-refractivity contribution in [2.75, 3.05) is 12.3 Å². The third kappa shape index (κ3) is 3.31. The third-order valence-electron chi connectivity index (χ3n) is 2.73. The fraction of sp³-hybridized carbons (Fsp3) is 0.500. The molecule has 0 bridgehead atoms. The Labute approximate surface area is 95.3 Å². The molecule has 4 heteroatoms. The minimum absolute atomic E-state index is 0.216. The lowest BCUT2D eigenvalue weighted by Gasteiger charge is -2.04. The number of Topliss-reactive ketones (excluding diaryl/α,β-unsaturated/α-hetero) is 1. The number of carbonyl (C=O) groups is 1. The fourth-order valence-electron chi connectivity index (χ4n) is 1.60. The van der Waals surface area contributed by atoms with E-state index in [9.17, 15) is 4.79 Å². The van der Waals surface area contributed by atoms with E-state index in [0.717, 1.165) is 12.1 Å². The van der Waals surface area contributed by atoms with Gasteiger partial charge in [0.25, 0.3) is 0 Å². The van der Waals surface area contributed by atoms with E-state index < -0.39 is 0 Å². The predicted octanol–water partition coefficient (Wildman–Crippen LogP) is 0.917. The van der Waals surface area contributed by atoms with Crippen molar-refractivity contribution in [3.8, 4) is 0 Å². The van der Waals surface area contributed by atoms with Gasteiger partial charge in [0.15, 0.2) is 0 Å². The van der Waals surface area contributed by atoms with Gasteiger partial charge in [-0.25, -0.2) is 4.98 Å². The zero-order chi connectivity index (χ0) is 11.4. The van der Waals surface area contributed by atoms with Crippen molar-refractivity contribution in [1.29, 1.82) is 0 Å². The number of carbonyl (C=O) groups excluding carboxylic acids is 1. The van der Waals surface area contributed by atoms with Crippen molar-refractivity contribution in [1.82, 2.24) is 10.3 Å². The summed E-state index contributed by atoms with van der Waals surface area (Å²) in [4.78, 5) is 15.6. The van der Waals surface area contributed by atoms with Crippen LogP contribution in [0.3, 0.4) is 0 Å². The molecule has 0 saturated heterocycles. The van der Waals surface area contributed by atoms with Crippen LogP contribution in [0.25, 0.3) is 0 Å². The number of hydrogen-bond acceptors (Lipinski definition) is 4. The number of hydrogen-bond donors (Lipinski definition) is 2. The molecule has 1 fully saturated rings. The highest BCUT2D eigenvalue weighted by molar-refractivity contribution is 5.82. The summed E-state index contributed by atoms with van der Waals surface area (Å²) in [6.45, 7) is 0.781. The Morgan fingerprint density at radius 3 is 3.06 bits per heavy atom. The summed E-state index contributed by atoms with van der Waals surface area (Å²) in [6.07, 6.45) is 5.11. The number of anilines is 1. The highest BCUT2D eigenvalue weighted by Gasteiger charge is 2.20. The predicted molar refractivity (Wildman–Crippen MR) is 63.0 cm³/mol. The lowest BCUT2D eigenvalue weighted by atomic mass is 10.1. The maximum atomic E-state index is 11.6. The van der Waals surface area contributed by atoms with Gasteiger partial charge in [0.1, 0.15) is 11.6 Å². The molecule has 1 aromatic heterocycles. The molecule has 1 heterocycles. The van der Waals surface area contributed by atoms with E-state index in [1.165, 1.54) is 12.8 Å². The van der Waals surface area contributed by atoms with Gasteiger partial charge < -0.3 is 11.1 Å². The maximum Gasteiger partial charge on any atom is 0.138 e. The summed E-state index contributed by atoms with van der Waals surface area (Å²) in [5, 5.41) is 3.32. The topological polar surface area (TPSA) is 68.0 Å². The van der Waals surface area contributed by atoms with Crippen molar-refractivity contribution in [2.45, 2.75) is 31.7 Å². The molecule has 1 saturated carbocycles. The van der Waals surface area contributed by atoms with Gasteiger partial charge in [-0.15, -0.1) is 0 Å². The Morgan fingerprint density at radius 2 is 2.38 bits per heavy atom. The standard InChI is InChI=1S/C12H17N3O/c13-12-9(2-1-6-15-12)8-11(16)5-7-14-10-3-4-10/h1-2,6,10,14H,3-5,7-8H2,(H2,13,15). The Kier molecular flexibility index (Phi) is 3.51. The van der Waals surface area contributed by atoms with E-state index in [0.29, 0.717) is 24.7 Å². The lowest BCUT2D eigenvalue weighted by Crippen LogP contribution is -2.21.